The first-order chi connectivity index (χ1) is 13.7. The summed E-state index contributed by atoms with van der Waals surface area (Å²) in [7, 11) is 0. The lowest BCUT2D eigenvalue weighted by atomic mass is 9.68. The second-order valence-corrected chi connectivity index (χ2v) is 9.22. The van der Waals surface area contributed by atoms with E-state index >= 15 is 0 Å². The van der Waals surface area contributed by atoms with Crippen LogP contribution in [0.3, 0.4) is 0 Å². The molecule has 0 N–H and O–H groups in total. The molecule has 3 heteroatoms. The summed E-state index contributed by atoms with van der Waals surface area (Å²) in [4.78, 5) is 16.1. The van der Waals surface area contributed by atoms with Crippen LogP contribution >= 0.6 is 0 Å². The molecule has 28 heavy (non-hydrogen) atoms. The largest absolute Gasteiger partial charge is 0.425 e. The third-order valence-electron chi connectivity index (χ3n) is 7.32. The van der Waals surface area contributed by atoms with Gasteiger partial charge >= 0.3 is 5.97 Å². The molecule has 0 bridgehead atoms. The molecule has 2 saturated carbocycles. The average Bonchev–Trinajstić information content (AvgIpc) is 2.74. The van der Waals surface area contributed by atoms with Crippen molar-refractivity contribution >= 4 is 5.97 Å². The molecule has 156 valence electrons. The van der Waals surface area contributed by atoms with E-state index in [0.29, 0.717) is 12.2 Å². The molecule has 3 nitrogen and oxygen atoms in total. The van der Waals surface area contributed by atoms with Crippen molar-refractivity contribution in [2.24, 2.45) is 23.7 Å². The van der Waals surface area contributed by atoms with E-state index < -0.39 is 0 Å². The van der Waals surface area contributed by atoms with E-state index in [-0.39, 0.29) is 5.97 Å². The van der Waals surface area contributed by atoms with E-state index in [9.17, 15) is 4.79 Å². The predicted octanol–water partition coefficient (Wildman–Crippen LogP) is 6.74. The third kappa shape index (κ3) is 6.32. The summed E-state index contributed by atoms with van der Waals surface area (Å²) in [6.45, 7) is 4.34. The van der Waals surface area contributed by atoms with Gasteiger partial charge in [-0.1, -0.05) is 46.0 Å². The van der Waals surface area contributed by atoms with E-state index in [4.69, 9.17) is 4.74 Å². The third-order valence-corrected chi connectivity index (χ3v) is 7.32. The van der Waals surface area contributed by atoms with Crippen LogP contribution in [0.5, 0.6) is 5.75 Å². The Balaban J connectivity index is 1.35. The van der Waals surface area contributed by atoms with E-state index in [1.54, 1.807) is 6.20 Å². The lowest BCUT2D eigenvalue weighted by molar-refractivity contribution is -0.134. The molecule has 0 unspecified atom stereocenters. The number of aromatic nitrogens is 1. The molecular weight excluding hydrogens is 346 g/mol. The van der Waals surface area contributed by atoms with Gasteiger partial charge in [0.1, 0.15) is 5.75 Å². The highest BCUT2D eigenvalue weighted by Crippen LogP contribution is 2.42. The Hall–Kier alpha value is -1.38. The van der Waals surface area contributed by atoms with Crippen LogP contribution in [0.1, 0.15) is 96.6 Å². The Morgan fingerprint density at radius 1 is 0.964 bits per heavy atom. The molecule has 1 heterocycles. The quantitative estimate of drug-likeness (QED) is 0.465. The van der Waals surface area contributed by atoms with Crippen molar-refractivity contribution in [2.45, 2.75) is 97.3 Å². The minimum absolute atomic E-state index is 0.169. The van der Waals surface area contributed by atoms with Crippen LogP contribution in [0.25, 0.3) is 0 Å². The fourth-order valence-corrected chi connectivity index (χ4v) is 5.37. The van der Waals surface area contributed by atoms with Gasteiger partial charge in [-0.3, -0.25) is 9.78 Å². The molecule has 1 aromatic rings. The summed E-state index contributed by atoms with van der Waals surface area (Å²) >= 11 is 0. The highest BCUT2D eigenvalue weighted by Gasteiger charge is 2.30. The number of carbonyl (C=O) groups is 1. The van der Waals surface area contributed by atoms with Crippen molar-refractivity contribution < 1.29 is 9.53 Å². The van der Waals surface area contributed by atoms with Crippen LogP contribution < -0.4 is 4.74 Å². The van der Waals surface area contributed by atoms with Gasteiger partial charge in [-0.2, -0.15) is 0 Å². The summed E-state index contributed by atoms with van der Waals surface area (Å²) in [5.74, 6) is 4.31. The van der Waals surface area contributed by atoms with Gasteiger partial charge in [-0.25, -0.2) is 0 Å². The number of nitrogens with zero attached hydrogens (tertiary/aromatic N) is 1. The minimum atomic E-state index is -0.169. The Bertz CT molecular complexity index is 581. The lowest BCUT2D eigenvalue weighted by Crippen LogP contribution is -2.25. The summed E-state index contributed by atoms with van der Waals surface area (Å²) in [6.07, 6.45) is 18.3. The fourth-order valence-electron chi connectivity index (χ4n) is 5.37. The number of hydrogen-bond acceptors (Lipinski definition) is 3. The molecule has 0 atom stereocenters. The number of rotatable bonds is 8. The first kappa shape index (κ1) is 21.3. The standard InChI is InChI=1S/C25H39NO2/c1-3-5-25(27)28-24-17-16-23(26-18-24)15-10-20-8-13-22(14-9-20)21-11-6-19(4-2)7-12-21/h16-22H,3-15H2,1-2H3. The number of hydrogen-bond donors (Lipinski definition) is 0. The van der Waals surface area contributed by atoms with Crippen LogP contribution in [0.2, 0.25) is 0 Å². The van der Waals surface area contributed by atoms with Gasteiger partial charge in [0.15, 0.2) is 0 Å². The van der Waals surface area contributed by atoms with Crippen molar-refractivity contribution in [3.63, 3.8) is 0 Å². The Kier molecular flexibility index (Phi) is 8.36. The van der Waals surface area contributed by atoms with E-state index in [0.717, 1.165) is 42.2 Å². The van der Waals surface area contributed by atoms with Crippen LogP contribution in [-0.4, -0.2) is 11.0 Å². The summed E-state index contributed by atoms with van der Waals surface area (Å²) in [5.41, 5.74) is 1.12. The number of carbonyl (C=O) groups excluding carboxylic acids is 1. The molecular formula is C25H39NO2. The zero-order valence-electron chi connectivity index (χ0n) is 18.0. The maximum absolute atomic E-state index is 11.6. The Morgan fingerprint density at radius 2 is 1.61 bits per heavy atom. The SMILES string of the molecule is CCCC(=O)Oc1ccc(CCC2CCC(C3CCC(CC)CC3)CC2)nc1. The molecule has 0 aromatic carbocycles. The summed E-state index contributed by atoms with van der Waals surface area (Å²) in [6, 6.07) is 3.91. The first-order valence-electron chi connectivity index (χ1n) is 11.8. The molecule has 1 aromatic heterocycles. The van der Waals surface area contributed by atoms with Gasteiger partial charge < -0.3 is 4.74 Å². The molecule has 0 radical (unpaired) electrons. The van der Waals surface area contributed by atoms with Gasteiger partial charge in [-0.05, 0) is 80.8 Å². The zero-order chi connectivity index (χ0) is 19.8. The molecule has 2 fully saturated rings. The monoisotopic (exact) mass is 385 g/mol. The predicted molar refractivity (Wildman–Crippen MR) is 114 cm³/mol. The molecule has 2 aliphatic rings. The topological polar surface area (TPSA) is 39.2 Å². The highest BCUT2D eigenvalue weighted by molar-refractivity contribution is 5.72. The normalized spacial score (nSPS) is 28.1. The van der Waals surface area contributed by atoms with Gasteiger partial charge in [0, 0.05) is 12.1 Å². The Morgan fingerprint density at radius 3 is 2.14 bits per heavy atom. The maximum atomic E-state index is 11.6. The minimum Gasteiger partial charge on any atom is -0.425 e. The Labute approximate surface area is 171 Å². The van der Waals surface area contributed by atoms with E-state index in [2.05, 4.69) is 11.9 Å². The maximum Gasteiger partial charge on any atom is 0.311 e. The molecule has 3 rings (SSSR count). The molecule has 0 saturated heterocycles. The van der Waals surface area contributed by atoms with E-state index in [1.807, 2.05) is 19.1 Å². The fraction of sp³-hybridized carbons (Fsp3) is 0.760. The molecule has 2 aliphatic carbocycles. The van der Waals surface area contributed by atoms with Crippen LogP contribution in [-0.2, 0) is 11.2 Å². The average molecular weight is 386 g/mol. The molecule has 0 aliphatic heterocycles. The van der Waals surface area contributed by atoms with Crippen LogP contribution in [0.4, 0.5) is 0 Å². The zero-order valence-corrected chi connectivity index (χ0v) is 18.0. The second-order valence-electron chi connectivity index (χ2n) is 9.22. The van der Waals surface area contributed by atoms with Gasteiger partial charge in [0.25, 0.3) is 0 Å². The molecule has 0 amide bonds. The van der Waals surface area contributed by atoms with Gasteiger partial charge in [-0.15, -0.1) is 0 Å². The summed E-state index contributed by atoms with van der Waals surface area (Å²) in [5, 5.41) is 0. The second kappa shape index (κ2) is 11.0. The first-order valence-corrected chi connectivity index (χ1v) is 11.8. The lowest BCUT2D eigenvalue weighted by Gasteiger charge is -2.37. The number of pyridine rings is 1. The van der Waals surface area contributed by atoms with Crippen molar-refractivity contribution in [3.05, 3.63) is 24.0 Å². The van der Waals surface area contributed by atoms with Crippen LogP contribution in [0, 0.1) is 23.7 Å². The van der Waals surface area contributed by atoms with Crippen molar-refractivity contribution in [2.75, 3.05) is 0 Å². The van der Waals surface area contributed by atoms with Gasteiger partial charge in [0.2, 0.25) is 0 Å². The van der Waals surface area contributed by atoms with Crippen molar-refractivity contribution in [3.8, 4) is 5.75 Å². The van der Waals surface area contributed by atoms with Crippen molar-refractivity contribution in [1.29, 1.82) is 0 Å². The van der Waals surface area contributed by atoms with Crippen LogP contribution in [0.15, 0.2) is 18.3 Å². The number of ether oxygens (including phenoxy) is 1. The van der Waals surface area contributed by atoms with Crippen molar-refractivity contribution in [1.82, 2.24) is 4.98 Å². The molecule has 0 spiro atoms. The highest BCUT2D eigenvalue weighted by atomic mass is 16.5. The number of aryl methyl sites for hydroxylation is 1. The van der Waals surface area contributed by atoms with E-state index in [1.165, 1.54) is 64.2 Å². The summed E-state index contributed by atoms with van der Waals surface area (Å²) < 4.78 is 5.29. The number of esters is 1. The van der Waals surface area contributed by atoms with Gasteiger partial charge in [0.05, 0.1) is 6.20 Å². The smallest absolute Gasteiger partial charge is 0.311 e.